The first kappa shape index (κ1) is 10.0. The van der Waals surface area contributed by atoms with Crippen LogP contribution in [-0.2, 0) is 4.79 Å². The summed E-state index contributed by atoms with van der Waals surface area (Å²) in [6, 6.07) is 0.582. The largest absolute Gasteiger partial charge is 0.340 e. The molecule has 0 aromatic carbocycles. The van der Waals surface area contributed by atoms with Gasteiger partial charge in [0.05, 0.1) is 0 Å². The Balaban J connectivity index is 1.90. The van der Waals surface area contributed by atoms with Gasteiger partial charge in [-0.2, -0.15) is 0 Å². The Labute approximate surface area is 86.7 Å². The van der Waals surface area contributed by atoms with Crippen LogP contribution in [0.1, 0.15) is 51.9 Å². The van der Waals surface area contributed by atoms with Crippen molar-refractivity contribution in [2.45, 2.75) is 57.9 Å². The molecule has 0 atom stereocenters. The Morgan fingerprint density at radius 2 is 1.86 bits per heavy atom. The quantitative estimate of drug-likeness (QED) is 0.629. The highest BCUT2D eigenvalue weighted by molar-refractivity contribution is 5.77. The molecule has 0 N–H and O–H groups in total. The Morgan fingerprint density at radius 3 is 2.50 bits per heavy atom. The van der Waals surface area contributed by atoms with Crippen LogP contribution in [0, 0.1) is 5.92 Å². The van der Waals surface area contributed by atoms with Gasteiger partial charge in [-0.25, -0.2) is 0 Å². The first-order valence-electron chi connectivity index (χ1n) is 6.07. The second kappa shape index (κ2) is 4.33. The van der Waals surface area contributed by atoms with Gasteiger partial charge >= 0.3 is 0 Å². The van der Waals surface area contributed by atoms with Crippen LogP contribution in [0.25, 0.3) is 0 Å². The fourth-order valence-corrected chi connectivity index (χ4v) is 2.77. The molecular weight excluding hydrogens is 174 g/mol. The normalized spacial score (nSPS) is 34.6. The zero-order chi connectivity index (χ0) is 9.97. The van der Waals surface area contributed by atoms with Gasteiger partial charge in [0.25, 0.3) is 0 Å². The number of nitrogens with zero attached hydrogens (tertiary/aromatic N) is 1. The number of hydrogen-bond acceptors (Lipinski definition) is 1. The van der Waals surface area contributed by atoms with Crippen LogP contribution >= 0.6 is 0 Å². The Bertz CT molecular complexity index is 206. The summed E-state index contributed by atoms with van der Waals surface area (Å²) in [5.74, 6) is 1.29. The highest BCUT2D eigenvalue weighted by atomic mass is 16.2. The van der Waals surface area contributed by atoms with Crippen molar-refractivity contribution in [3.63, 3.8) is 0 Å². The van der Waals surface area contributed by atoms with Gasteiger partial charge in [0.1, 0.15) is 0 Å². The van der Waals surface area contributed by atoms with Crippen molar-refractivity contribution in [1.29, 1.82) is 0 Å². The molecule has 2 nitrogen and oxygen atoms in total. The minimum Gasteiger partial charge on any atom is -0.340 e. The average Bonchev–Trinajstić information content (AvgIpc) is 2.20. The second-order valence-electron chi connectivity index (χ2n) is 4.96. The first-order valence-corrected chi connectivity index (χ1v) is 6.07. The molecule has 1 aliphatic carbocycles. The molecule has 1 saturated heterocycles. The van der Waals surface area contributed by atoms with Gasteiger partial charge in [-0.15, -0.1) is 0 Å². The lowest BCUT2D eigenvalue weighted by molar-refractivity contribution is -0.136. The number of piperidine rings is 1. The lowest BCUT2D eigenvalue weighted by Crippen LogP contribution is -2.44. The van der Waals surface area contributed by atoms with Crippen molar-refractivity contribution in [3.05, 3.63) is 0 Å². The lowest BCUT2D eigenvalue weighted by Gasteiger charge is -2.38. The fraction of sp³-hybridized carbons (Fsp3) is 0.917. The molecule has 14 heavy (non-hydrogen) atoms. The van der Waals surface area contributed by atoms with E-state index in [1.165, 1.54) is 32.1 Å². The van der Waals surface area contributed by atoms with Crippen LogP contribution in [-0.4, -0.2) is 23.4 Å². The summed E-state index contributed by atoms with van der Waals surface area (Å²) in [6.07, 6.45) is 8.24. The van der Waals surface area contributed by atoms with E-state index < -0.39 is 0 Å². The van der Waals surface area contributed by atoms with Crippen LogP contribution in [0.4, 0.5) is 0 Å². The van der Waals surface area contributed by atoms with Crippen molar-refractivity contribution >= 4 is 5.91 Å². The van der Waals surface area contributed by atoms with Gasteiger partial charge in [0.2, 0.25) is 5.91 Å². The fourth-order valence-electron chi connectivity index (χ4n) is 2.77. The van der Waals surface area contributed by atoms with Crippen molar-refractivity contribution in [3.8, 4) is 0 Å². The van der Waals surface area contributed by atoms with Crippen molar-refractivity contribution < 1.29 is 4.79 Å². The van der Waals surface area contributed by atoms with Crippen molar-refractivity contribution in [1.82, 2.24) is 4.90 Å². The average molecular weight is 195 g/mol. The highest BCUT2D eigenvalue weighted by Gasteiger charge is 2.28. The zero-order valence-corrected chi connectivity index (χ0v) is 9.17. The van der Waals surface area contributed by atoms with E-state index in [1.54, 1.807) is 0 Å². The van der Waals surface area contributed by atoms with E-state index in [9.17, 15) is 4.79 Å². The number of likely N-dealkylation sites (tertiary alicyclic amines) is 1. The van der Waals surface area contributed by atoms with E-state index in [0.717, 1.165) is 25.3 Å². The number of rotatable bonds is 1. The smallest absolute Gasteiger partial charge is 0.222 e. The van der Waals surface area contributed by atoms with Crippen LogP contribution in [0.15, 0.2) is 0 Å². The van der Waals surface area contributed by atoms with E-state index in [4.69, 9.17) is 0 Å². The molecule has 1 aliphatic heterocycles. The summed E-state index contributed by atoms with van der Waals surface area (Å²) in [6.45, 7) is 3.35. The van der Waals surface area contributed by atoms with E-state index in [2.05, 4.69) is 11.8 Å². The van der Waals surface area contributed by atoms with E-state index >= 15 is 0 Å². The molecule has 0 aromatic heterocycles. The SMILES string of the molecule is CC1CCC(N2CCCCC2=O)CC1. The van der Waals surface area contributed by atoms with Gasteiger partial charge in [0, 0.05) is 19.0 Å². The summed E-state index contributed by atoms with van der Waals surface area (Å²) in [4.78, 5) is 13.9. The third-order valence-electron chi connectivity index (χ3n) is 3.79. The van der Waals surface area contributed by atoms with Gasteiger partial charge in [-0.3, -0.25) is 4.79 Å². The molecule has 2 rings (SSSR count). The number of hydrogen-bond donors (Lipinski definition) is 0. The molecule has 0 aromatic rings. The standard InChI is InChI=1S/C12H21NO/c1-10-5-7-11(8-6-10)13-9-3-2-4-12(13)14/h10-11H,2-9H2,1H3. The van der Waals surface area contributed by atoms with Gasteiger partial charge in [-0.05, 0) is 44.4 Å². The Kier molecular flexibility index (Phi) is 3.09. The Hall–Kier alpha value is -0.530. The molecule has 2 aliphatic rings. The maximum absolute atomic E-state index is 11.7. The minimum absolute atomic E-state index is 0.413. The molecule has 0 bridgehead atoms. The van der Waals surface area contributed by atoms with E-state index in [-0.39, 0.29) is 0 Å². The van der Waals surface area contributed by atoms with E-state index in [1.807, 2.05) is 0 Å². The topological polar surface area (TPSA) is 20.3 Å². The number of amides is 1. The maximum Gasteiger partial charge on any atom is 0.222 e. The molecule has 0 spiro atoms. The molecule has 1 saturated carbocycles. The summed E-state index contributed by atoms with van der Waals surface area (Å²) < 4.78 is 0. The van der Waals surface area contributed by atoms with Crippen LogP contribution in [0.3, 0.4) is 0 Å². The predicted octanol–water partition coefficient (Wildman–Crippen LogP) is 2.58. The number of carbonyl (C=O) groups is 1. The maximum atomic E-state index is 11.7. The molecule has 2 fully saturated rings. The summed E-state index contributed by atoms with van der Waals surface area (Å²) in [7, 11) is 0. The molecule has 80 valence electrons. The predicted molar refractivity (Wildman–Crippen MR) is 57.0 cm³/mol. The monoisotopic (exact) mass is 195 g/mol. The number of carbonyl (C=O) groups excluding carboxylic acids is 1. The summed E-state index contributed by atoms with van der Waals surface area (Å²) in [5, 5.41) is 0. The summed E-state index contributed by atoms with van der Waals surface area (Å²) >= 11 is 0. The van der Waals surface area contributed by atoms with Crippen LogP contribution in [0.2, 0.25) is 0 Å². The van der Waals surface area contributed by atoms with Crippen molar-refractivity contribution in [2.75, 3.05) is 6.54 Å². The van der Waals surface area contributed by atoms with Gasteiger partial charge in [0.15, 0.2) is 0 Å². The Morgan fingerprint density at radius 1 is 1.14 bits per heavy atom. The molecule has 0 unspecified atom stereocenters. The van der Waals surface area contributed by atoms with Gasteiger partial charge in [-0.1, -0.05) is 6.92 Å². The van der Waals surface area contributed by atoms with E-state index in [0.29, 0.717) is 11.9 Å². The lowest BCUT2D eigenvalue weighted by atomic mass is 9.86. The molecule has 0 radical (unpaired) electrons. The highest BCUT2D eigenvalue weighted by Crippen LogP contribution is 2.29. The van der Waals surface area contributed by atoms with Crippen molar-refractivity contribution in [2.24, 2.45) is 5.92 Å². The summed E-state index contributed by atoms with van der Waals surface area (Å²) in [5.41, 5.74) is 0. The molecule has 1 heterocycles. The second-order valence-corrected chi connectivity index (χ2v) is 4.96. The zero-order valence-electron chi connectivity index (χ0n) is 9.17. The minimum atomic E-state index is 0.413. The molecular formula is C12H21NO. The third kappa shape index (κ3) is 2.10. The molecule has 1 amide bonds. The third-order valence-corrected chi connectivity index (χ3v) is 3.79. The van der Waals surface area contributed by atoms with Crippen LogP contribution < -0.4 is 0 Å². The first-order chi connectivity index (χ1) is 6.77. The molecule has 2 heteroatoms. The van der Waals surface area contributed by atoms with Gasteiger partial charge < -0.3 is 4.90 Å². The van der Waals surface area contributed by atoms with Crippen LogP contribution in [0.5, 0.6) is 0 Å².